The van der Waals surface area contributed by atoms with Gasteiger partial charge in [-0.05, 0) is 25.8 Å². The average Bonchev–Trinajstić information content (AvgIpc) is 3.11. The first-order chi connectivity index (χ1) is 9.83. The first-order valence-corrected chi connectivity index (χ1v) is 7.49. The predicted octanol–water partition coefficient (Wildman–Crippen LogP) is 2.06. The summed E-state index contributed by atoms with van der Waals surface area (Å²) in [5.41, 5.74) is 0. The minimum absolute atomic E-state index is 0.669. The second-order valence-electron chi connectivity index (χ2n) is 5.66. The van der Waals surface area contributed by atoms with Gasteiger partial charge in [0.15, 0.2) is 0 Å². The van der Waals surface area contributed by atoms with Crippen LogP contribution in [0.2, 0.25) is 0 Å². The molecule has 1 aliphatic rings. The molecular weight excluding hydrogens is 250 g/mol. The number of hydrogen-bond donors (Lipinski definition) is 0. The van der Waals surface area contributed by atoms with E-state index in [2.05, 4.69) is 31.0 Å². The van der Waals surface area contributed by atoms with Crippen LogP contribution in [0.5, 0.6) is 0 Å². The van der Waals surface area contributed by atoms with Crippen molar-refractivity contribution in [1.29, 1.82) is 0 Å². The standard InChI is InChI=1S/C15H23N5/c1-18-10-7-17-15(18)12-20-8-3-2-4-14(20)5-9-19-11-6-16-13-19/h6-7,10-11,13-14H,2-5,8-9,12H2,1H3. The quantitative estimate of drug-likeness (QED) is 0.837. The molecule has 5 heteroatoms. The molecule has 3 heterocycles. The molecule has 0 saturated carbocycles. The van der Waals surface area contributed by atoms with Gasteiger partial charge in [-0.15, -0.1) is 0 Å². The summed E-state index contributed by atoms with van der Waals surface area (Å²) in [6.45, 7) is 3.22. The highest BCUT2D eigenvalue weighted by atomic mass is 15.2. The fourth-order valence-electron chi connectivity index (χ4n) is 3.04. The first-order valence-electron chi connectivity index (χ1n) is 7.49. The average molecular weight is 273 g/mol. The van der Waals surface area contributed by atoms with Crippen LogP contribution in [-0.2, 0) is 20.1 Å². The van der Waals surface area contributed by atoms with E-state index in [9.17, 15) is 0 Å². The van der Waals surface area contributed by atoms with Crippen molar-refractivity contribution in [3.05, 3.63) is 36.9 Å². The maximum Gasteiger partial charge on any atom is 0.122 e. The molecule has 0 amide bonds. The van der Waals surface area contributed by atoms with Gasteiger partial charge in [0.05, 0.1) is 12.9 Å². The lowest BCUT2D eigenvalue weighted by atomic mass is 9.99. The molecular formula is C15H23N5. The van der Waals surface area contributed by atoms with Crippen molar-refractivity contribution in [2.75, 3.05) is 6.54 Å². The van der Waals surface area contributed by atoms with Gasteiger partial charge in [-0.1, -0.05) is 6.42 Å². The van der Waals surface area contributed by atoms with Gasteiger partial charge in [-0.3, -0.25) is 4.90 Å². The van der Waals surface area contributed by atoms with E-state index in [4.69, 9.17) is 0 Å². The Morgan fingerprint density at radius 3 is 2.95 bits per heavy atom. The van der Waals surface area contributed by atoms with Crippen molar-refractivity contribution < 1.29 is 0 Å². The zero-order valence-corrected chi connectivity index (χ0v) is 12.1. The molecule has 0 radical (unpaired) electrons. The molecule has 0 aromatic carbocycles. The van der Waals surface area contributed by atoms with E-state index >= 15 is 0 Å². The topological polar surface area (TPSA) is 38.9 Å². The number of hydrogen-bond acceptors (Lipinski definition) is 3. The highest BCUT2D eigenvalue weighted by molar-refractivity contribution is 4.93. The van der Waals surface area contributed by atoms with Crippen molar-refractivity contribution >= 4 is 0 Å². The molecule has 2 aromatic heterocycles. The van der Waals surface area contributed by atoms with E-state index < -0.39 is 0 Å². The van der Waals surface area contributed by atoms with Crippen molar-refractivity contribution in [3.63, 3.8) is 0 Å². The SMILES string of the molecule is Cn1ccnc1CN1CCCCC1CCn1ccnc1. The van der Waals surface area contributed by atoms with Crippen LogP contribution in [0.4, 0.5) is 0 Å². The fraction of sp³-hybridized carbons (Fsp3) is 0.600. The van der Waals surface area contributed by atoms with Crippen LogP contribution in [0.15, 0.2) is 31.1 Å². The van der Waals surface area contributed by atoms with Crippen molar-refractivity contribution in [1.82, 2.24) is 24.0 Å². The lowest BCUT2D eigenvalue weighted by Gasteiger charge is -2.35. The van der Waals surface area contributed by atoms with Gasteiger partial charge < -0.3 is 9.13 Å². The second-order valence-corrected chi connectivity index (χ2v) is 5.66. The van der Waals surface area contributed by atoms with Gasteiger partial charge in [-0.25, -0.2) is 9.97 Å². The Bertz CT molecular complexity index is 516. The molecule has 20 heavy (non-hydrogen) atoms. The number of likely N-dealkylation sites (tertiary alicyclic amines) is 1. The van der Waals surface area contributed by atoms with E-state index in [1.807, 2.05) is 31.1 Å². The molecule has 3 rings (SSSR count). The van der Waals surface area contributed by atoms with E-state index in [1.165, 1.54) is 38.1 Å². The zero-order valence-electron chi connectivity index (χ0n) is 12.1. The Kier molecular flexibility index (Phi) is 4.16. The Morgan fingerprint density at radius 2 is 2.20 bits per heavy atom. The summed E-state index contributed by atoms with van der Waals surface area (Å²) < 4.78 is 4.30. The van der Waals surface area contributed by atoms with Crippen LogP contribution < -0.4 is 0 Å². The highest BCUT2D eigenvalue weighted by Crippen LogP contribution is 2.22. The summed E-state index contributed by atoms with van der Waals surface area (Å²) in [6, 6.07) is 0.669. The van der Waals surface area contributed by atoms with E-state index in [0.29, 0.717) is 6.04 Å². The van der Waals surface area contributed by atoms with Crippen molar-refractivity contribution in [2.45, 2.75) is 44.8 Å². The lowest BCUT2D eigenvalue weighted by molar-refractivity contribution is 0.124. The maximum atomic E-state index is 4.46. The molecule has 1 saturated heterocycles. The molecule has 0 N–H and O–H groups in total. The summed E-state index contributed by atoms with van der Waals surface area (Å²) in [6.07, 6.45) is 14.9. The lowest BCUT2D eigenvalue weighted by Crippen LogP contribution is -2.40. The molecule has 108 valence electrons. The Hall–Kier alpha value is -1.62. The summed E-state index contributed by atoms with van der Waals surface area (Å²) >= 11 is 0. The van der Waals surface area contributed by atoms with Crippen molar-refractivity contribution in [3.8, 4) is 0 Å². The van der Waals surface area contributed by atoms with Crippen LogP contribution in [-0.4, -0.2) is 36.6 Å². The molecule has 1 unspecified atom stereocenters. The third kappa shape index (κ3) is 3.10. The van der Waals surface area contributed by atoms with Crippen LogP contribution in [0, 0.1) is 0 Å². The smallest absolute Gasteiger partial charge is 0.122 e. The minimum Gasteiger partial charge on any atom is -0.337 e. The Labute approximate surface area is 120 Å². The molecule has 0 spiro atoms. The molecule has 2 aromatic rings. The number of nitrogens with zero attached hydrogens (tertiary/aromatic N) is 5. The molecule has 1 fully saturated rings. The molecule has 0 aliphatic carbocycles. The first kappa shape index (κ1) is 13.4. The van der Waals surface area contributed by atoms with Crippen LogP contribution in [0.25, 0.3) is 0 Å². The van der Waals surface area contributed by atoms with Crippen LogP contribution in [0.3, 0.4) is 0 Å². The van der Waals surface area contributed by atoms with Crippen LogP contribution >= 0.6 is 0 Å². The highest BCUT2D eigenvalue weighted by Gasteiger charge is 2.23. The van der Waals surface area contributed by atoms with Crippen LogP contribution in [0.1, 0.15) is 31.5 Å². The Balaban J connectivity index is 1.60. The number of rotatable bonds is 5. The van der Waals surface area contributed by atoms with Gasteiger partial charge in [0.25, 0.3) is 0 Å². The maximum absolute atomic E-state index is 4.46. The van der Waals surface area contributed by atoms with E-state index in [0.717, 1.165) is 13.1 Å². The van der Waals surface area contributed by atoms with Gasteiger partial charge in [0.2, 0.25) is 0 Å². The number of imidazole rings is 2. The summed E-state index contributed by atoms with van der Waals surface area (Å²) in [4.78, 5) is 11.2. The molecule has 5 nitrogen and oxygen atoms in total. The molecule has 1 aliphatic heterocycles. The van der Waals surface area contributed by atoms with E-state index in [-0.39, 0.29) is 0 Å². The summed E-state index contributed by atoms with van der Waals surface area (Å²) in [5.74, 6) is 1.17. The zero-order chi connectivity index (χ0) is 13.8. The molecule has 1 atom stereocenters. The van der Waals surface area contributed by atoms with Crippen molar-refractivity contribution in [2.24, 2.45) is 7.05 Å². The Morgan fingerprint density at radius 1 is 1.25 bits per heavy atom. The third-order valence-corrected chi connectivity index (χ3v) is 4.29. The summed E-state index contributed by atoms with van der Waals surface area (Å²) in [5, 5.41) is 0. The van der Waals surface area contributed by atoms with Gasteiger partial charge in [0, 0.05) is 44.4 Å². The normalized spacial score (nSPS) is 20.4. The number of piperidine rings is 1. The minimum atomic E-state index is 0.669. The summed E-state index contributed by atoms with van der Waals surface area (Å²) in [7, 11) is 2.08. The second kappa shape index (κ2) is 6.22. The number of aryl methyl sites for hydroxylation is 2. The fourth-order valence-corrected chi connectivity index (χ4v) is 3.04. The number of aromatic nitrogens is 4. The van der Waals surface area contributed by atoms with Gasteiger partial charge >= 0.3 is 0 Å². The van der Waals surface area contributed by atoms with Gasteiger partial charge in [-0.2, -0.15) is 0 Å². The predicted molar refractivity (Wildman–Crippen MR) is 78.1 cm³/mol. The van der Waals surface area contributed by atoms with Gasteiger partial charge in [0.1, 0.15) is 5.82 Å². The molecule has 0 bridgehead atoms. The third-order valence-electron chi connectivity index (χ3n) is 4.29. The van der Waals surface area contributed by atoms with E-state index in [1.54, 1.807) is 0 Å². The monoisotopic (exact) mass is 273 g/mol. The largest absolute Gasteiger partial charge is 0.337 e.